The smallest absolute Gasteiger partial charge is 0.146 e. The fourth-order valence-electron chi connectivity index (χ4n) is 4.42. The van der Waals surface area contributed by atoms with Crippen LogP contribution in [0.3, 0.4) is 0 Å². The number of aliphatic hydroxyl groups excluding tert-OH is 1. The van der Waals surface area contributed by atoms with Crippen LogP contribution in [-0.4, -0.2) is 27.1 Å². The zero-order valence-corrected chi connectivity index (χ0v) is 24.4. The van der Waals surface area contributed by atoms with E-state index >= 15 is 0 Å². The Bertz CT molecular complexity index is 1410. The molecule has 2 aromatic carbocycles. The summed E-state index contributed by atoms with van der Waals surface area (Å²) in [5.41, 5.74) is 12.6. The summed E-state index contributed by atoms with van der Waals surface area (Å²) in [6.45, 7) is 9.32. The highest BCUT2D eigenvalue weighted by molar-refractivity contribution is 7.98. The van der Waals surface area contributed by atoms with Gasteiger partial charge in [0.25, 0.3) is 0 Å². The molecule has 0 aliphatic carbocycles. The molecule has 1 aliphatic rings. The van der Waals surface area contributed by atoms with Crippen LogP contribution >= 0.6 is 23.5 Å². The number of nitrogens with two attached hydrogens (primary N) is 1. The number of hydrogen-bond acceptors (Lipinski definition) is 6. The standard InChI is InChI=1S/C30H36ClN5O2S/c1-5-9-27-34-28-25(14-15-33-29(28)31)36(27)17-21-12-13-23(22(16-21)18-38-6-2)24-10-7-8-11-26(24)39-35-30(32)19(3)20(4)37/h7-8,10-16,29,33,37H,5-6,9,17-18H2,1-4H3,(H2,32,35)/b20-19-. The number of aryl methyl sites for hydroxylation is 1. The van der Waals surface area contributed by atoms with Crippen molar-refractivity contribution in [2.75, 3.05) is 6.61 Å². The fourth-order valence-corrected chi connectivity index (χ4v) is 5.40. The van der Waals surface area contributed by atoms with E-state index in [2.05, 4.69) is 45.5 Å². The van der Waals surface area contributed by atoms with Crippen LogP contribution in [0.1, 0.15) is 68.0 Å². The first-order valence-corrected chi connectivity index (χ1v) is 14.4. The molecule has 3 aromatic rings. The number of nitrogens with one attached hydrogen (secondary N) is 1. The van der Waals surface area contributed by atoms with E-state index in [9.17, 15) is 5.11 Å². The normalized spacial score (nSPS) is 15.6. The summed E-state index contributed by atoms with van der Waals surface area (Å²) in [6, 6.07) is 14.7. The molecule has 1 atom stereocenters. The highest BCUT2D eigenvalue weighted by atomic mass is 35.5. The molecule has 0 radical (unpaired) electrons. The molecule has 0 amide bonds. The molecular weight excluding hydrogens is 530 g/mol. The van der Waals surface area contributed by atoms with Gasteiger partial charge in [0.2, 0.25) is 0 Å². The lowest BCUT2D eigenvalue weighted by Crippen LogP contribution is -2.16. The lowest BCUT2D eigenvalue weighted by atomic mass is 9.97. The number of imidazole rings is 1. The van der Waals surface area contributed by atoms with E-state index in [1.165, 1.54) is 11.9 Å². The average Bonchev–Trinajstić information content (AvgIpc) is 3.28. The molecule has 1 aromatic heterocycles. The number of benzene rings is 2. The number of ether oxygens (including phenoxy) is 1. The number of rotatable bonds is 11. The Balaban J connectivity index is 1.71. The Kier molecular flexibility index (Phi) is 9.78. The van der Waals surface area contributed by atoms with Crippen LogP contribution in [0, 0.1) is 0 Å². The van der Waals surface area contributed by atoms with Gasteiger partial charge in [-0.3, -0.25) is 0 Å². The number of alkyl halides is 1. The molecule has 0 fully saturated rings. The molecule has 206 valence electrons. The van der Waals surface area contributed by atoms with E-state index in [1.807, 2.05) is 37.4 Å². The summed E-state index contributed by atoms with van der Waals surface area (Å²) >= 11 is 7.81. The summed E-state index contributed by atoms with van der Waals surface area (Å²) in [6.07, 6.45) is 5.82. The van der Waals surface area contributed by atoms with Crippen molar-refractivity contribution in [2.24, 2.45) is 10.1 Å². The molecule has 4 N–H and O–H groups in total. The van der Waals surface area contributed by atoms with E-state index in [-0.39, 0.29) is 11.3 Å². The number of halogens is 1. The van der Waals surface area contributed by atoms with Crippen LogP contribution in [-0.2, 0) is 24.3 Å². The molecule has 4 rings (SSSR count). The molecule has 0 spiro atoms. The SMILES string of the molecule is CCCc1nc2c(n1Cc1ccc(-c3ccccc3S/N=C(N)\C(C)=C(\C)O)c(COCC)c1)C=CNC2Cl. The first-order chi connectivity index (χ1) is 18.8. The maximum absolute atomic E-state index is 9.76. The van der Waals surface area contributed by atoms with Gasteiger partial charge in [-0.25, -0.2) is 4.98 Å². The van der Waals surface area contributed by atoms with Crippen molar-refractivity contribution in [1.29, 1.82) is 0 Å². The van der Waals surface area contributed by atoms with Gasteiger partial charge in [-0.15, -0.1) is 0 Å². The van der Waals surface area contributed by atoms with Gasteiger partial charge < -0.3 is 25.5 Å². The summed E-state index contributed by atoms with van der Waals surface area (Å²) < 4.78 is 12.6. The maximum Gasteiger partial charge on any atom is 0.146 e. The Morgan fingerprint density at radius 3 is 2.74 bits per heavy atom. The van der Waals surface area contributed by atoms with Crippen molar-refractivity contribution in [3.63, 3.8) is 0 Å². The second-order valence-electron chi connectivity index (χ2n) is 9.40. The molecule has 9 heteroatoms. The predicted octanol–water partition coefficient (Wildman–Crippen LogP) is 7.11. The highest BCUT2D eigenvalue weighted by Gasteiger charge is 2.23. The van der Waals surface area contributed by atoms with Crippen LogP contribution in [0.5, 0.6) is 0 Å². The lowest BCUT2D eigenvalue weighted by molar-refractivity contribution is 0.134. The molecular formula is C30H36ClN5O2S. The molecule has 0 saturated carbocycles. The van der Waals surface area contributed by atoms with Gasteiger partial charge in [0.1, 0.15) is 22.9 Å². The molecule has 7 nitrogen and oxygen atoms in total. The largest absolute Gasteiger partial charge is 0.512 e. The van der Waals surface area contributed by atoms with Gasteiger partial charge in [-0.2, -0.15) is 4.40 Å². The predicted molar refractivity (Wildman–Crippen MR) is 162 cm³/mol. The van der Waals surface area contributed by atoms with Gasteiger partial charge in [0.15, 0.2) is 0 Å². The zero-order chi connectivity index (χ0) is 27.9. The van der Waals surface area contributed by atoms with Crippen molar-refractivity contribution >= 4 is 35.5 Å². The first kappa shape index (κ1) is 28.8. The van der Waals surface area contributed by atoms with E-state index in [0.29, 0.717) is 31.2 Å². The van der Waals surface area contributed by atoms with E-state index < -0.39 is 0 Å². The Morgan fingerprint density at radius 1 is 1.21 bits per heavy atom. The van der Waals surface area contributed by atoms with Crippen molar-refractivity contribution in [3.05, 3.63) is 88.3 Å². The Morgan fingerprint density at radius 2 is 2.00 bits per heavy atom. The minimum Gasteiger partial charge on any atom is -0.512 e. The van der Waals surface area contributed by atoms with Crippen molar-refractivity contribution in [3.8, 4) is 11.1 Å². The van der Waals surface area contributed by atoms with Crippen LogP contribution in [0.15, 0.2) is 69.3 Å². The number of fused-ring (bicyclic) bond motifs is 1. The molecule has 0 bridgehead atoms. The third-order valence-electron chi connectivity index (χ3n) is 6.63. The Labute approximate surface area is 240 Å². The summed E-state index contributed by atoms with van der Waals surface area (Å²) in [7, 11) is 0. The van der Waals surface area contributed by atoms with Crippen LogP contribution < -0.4 is 11.1 Å². The third-order valence-corrected chi connectivity index (χ3v) is 7.80. The second kappa shape index (κ2) is 13.2. The zero-order valence-electron chi connectivity index (χ0n) is 22.9. The number of amidine groups is 1. The Hall–Kier alpha value is -3.20. The molecule has 39 heavy (non-hydrogen) atoms. The monoisotopic (exact) mass is 565 g/mol. The van der Waals surface area contributed by atoms with Crippen molar-refractivity contribution < 1.29 is 9.84 Å². The van der Waals surface area contributed by atoms with Gasteiger partial charge >= 0.3 is 0 Å². The summed E-state index contributed by atoms with van der Waals surface area (Å²) in [4.78, 5) is 5.84. The van der Waals surface area contributed by atoms with Gasteiger partial charge in [0, 0.05) is 48.2 Å². The topological polar surface area (TPSA) is 97.7 Å². The van der Waals surface area contributed by atoms with E-state index in [4.69, 9.17) is 27.1 Å². The quantitative estimate of drug-likeness (QED) is 0.0572. The minimum atomic E-state index is -0.330. The molecule has 0 saturated heterocycles. The molecule has 1 aliphatic heterocycles. The average molecular weight is 566 g/mol. The number of nitrogens with zero attached hydrogens (tertiary/aromatic N) is 3. The van der Waals surface area contributed by atoms with E-state index in [0.717, 1.165) is 57.2 Å². The third kappa shape index (κ3) is 6.69. The van der Waals surface area contributed by atoms with Crippen molar-refractivity contribution in [1.82, 2.24) is 14.9 Å². The van der Waals surface area contributed by atoms with Gasteiger partial charge in [-0.05, 0) is 61.6 Å². The van der Waals surface area contributed by atoms with Crippen LogP contribution in [0.4, 0.5) is 0 Å². The van der Waals surface area contributed by atoms with Gasteiger partial charge in [0.05, 0.1) is 18.1 Å². The lowest BCUT2D eigenvalue weighted by Gasteiger charge is -2.18. The number of aromatic nitrogens is 2. The molecule has 1 unspecified atom stereocenters. The van der Waals surface area contributed by atoms with E-state index in [1.54, 1.807) is 13.8 Å². The maximum atomic E-state index is 9.76. The summed E-state index contributed by atoms with van der Waals surface area (Å²) in [5, 5.41) is 12.9. The second-order valence-corrected chi connectivity index (χ2v) is 10.6. The summed E-state index contributed by atoms with van der Waals surface area (Å²) in [5.74, 6) is 1.50. The molecule has 2 heterocycles. The van der Waals surface area contributed by atoms with Crippen molar-refractivity contribution in [2.45, 2.75) is 64.1 Å². The van der Waals surface area contributed by atoms with Crippen LogP contribution in [0.25, 0.3) is 17.2 Å². The number of aliphatic hydroxyl groups is 1. The highest BCUT2D eigenvalue weighted by Crippen LogP contribution is 2.35. The fraction of sp³-hybridized carbons (Fsp3) is 0.333. The first-order valence-electron chi connectivity index (χ1n) is 13.2. The number of hydrogen-bond donors (Lipinski definition) is 3. The van der Waals surface area contributed by atoms with Gasteiger partial charge in [-0.1, -0.05) is 54.9 Å². The minimum absolute atomic E-state index is 0.161. The number of allylic oxidation sites excluding steroid dienone is 1. The van der Waals surface area contributed by atoms with Crippen LogP contribution in [0.2, 0.25) is 0 Å².